The van der Waals surface area contributed by atoms with Gasteiger partial charge < -0.3 is 20.9 Å². The second-order valence-corrected chi connectivity index (χ2v) is 16.5. The smallest absolute Gasteiger partial charge is 0.382 e. The van der Waals surface area contributed by atoms with Crippen molar-refractivity contribution in [3.8, 4) is 0 Å². The molecule has 0 aliphatic carbocycles. The largest absolute Gasteiger partial charge is 0.384 e. The van der Waals surface area contributed by atoms with E-state index in [4.69, 9.17) is 27.3 Å². The highest BCUT2D eigenvalue weighted by Gasteiger charge is 2.91. The maximum absolute atomic E-state index is 15.6. The molecule has 4 unspecified atom stereocenters. The van der Waals surface area contributed by atoms with Crippen LogP contribution >= 0.6 is 20.8 Å². The SMILES string of the molecule is [B]C([B])(CCC(=C)N(C)CC(=C)NC(CCCC)C(=C)NCC(=C)NC(Cc1ccc(Cl)cc1)C(=C)C)C(F)(P)C(F)(F)C(F)(F)C(F)(F)C(F)(F)C(F)(F)C(C)(C)F. The lowest BCUT2D eigenvalue weighted by molar-refractivity contribution is -0.420. The number of nitrogens with one attached hydrogen (secondary N) is 3. The number of hydrogen-bond donors (Lipinski definition) is 3. The van der Waals surface area contributed by atoms with Crippen molar-refractivity contribution in [1.82, 2.24) is 20.9 Å². The minimum absolute atomic E-state index is 0.0408. The van der Waals surface area contributed by atoms with Crippen molar-refractivity contribution in [3.63, 3.8) is 0 Å². The molecule has 0 aliphatic heterocycles. The maximum atomic E-state index is 15.6. The monoisotopic (exact) mass is 892 g/mol. The van der Waals surface area contributed by atoms with Crippen LogP contribution in [0, 0.1) is 0 Å². The minimum atomic E-state index is -7.75. The molecule has 0 fully saturated rings. The summed E-state index contributed by atoms with van der Waals surface area (Å²) in [4.78, 5) is 1.35. The van der Waals surface area contributed by atoms with E-state index in [0.717, 1.165) is 24.0 Å². The normalized spacial score (nSPS) is 15.4. The van der Waals surface area contributed by atoms with Gasteiger partial charge in [0.2, 0.25) is 0 Å². The zero-order chi connectivity index (χ0) is 46.4. The molecular weight excluding hydrogens is 840 g/mol. The molecule has 1 aromatic carbocycles. The van der Waals surface area contributed by atoms with Gasteiger partial charge in [0.1, 0.15) is 0 Å². The van der Waals surface area contributed by atoms with Crippen LogP contribution < -0.4 is 16.0 Å². The molecule has 4 radical (unpaired) electrons. The lowest BCUT2D eigenvalue weighted by Crippen LogP contribution is -2.73. The van der Waals surface area contributed by atoms with Crippen LogP contribution in [0.25, 0.3) is 0 Å². The summed E-state index contributed by atoms with van der Waals surface area (Å²) in [5.74, 6) is -36.4. The first-order valence-electron chi connectivity index (χ1n) is 18.2. The fraction of sp³-hybridized carbons (Fsp3) is 0.590. The number of hydrogen-bond acceptors (Lipinski definition) is 4. The van der Waals surface area contributed by atoms with Gasteiger partial charge in [-0.25, -0.2) is 8.78 Å². The van der Waals surface area contributed by atoms with Crippen molar-refractivity contribution in [2.45, 2.75) is 124 Å². The molecule has 0 heterocycles. The quantitative estimate of drug-likeness (QED) is 0.0356. The van der Waals surface area contributed by atoms with Gasteiger partial charge in [-0.15, -0.1) is 0 Å². The topological polar surface area (TPSA) is 39.3 Å². The fourth-order valence-electron chi connectivity index (χ4n) is 5.49. The van der Waals surface area contributed by atoms with Crippen molar-refractivity contribution in [2.75, 3.05) is 20.1 Å². The summed E-state index contributed by atoms with van der Waals surface area (Å²) in [6.45, 7) is 23.3. The summed E-state index contributed by atoms with van der Waals surface area (Å²) < 4.78 is 174. The van der Waals surface area contributed by atoms with E-state index in [0.29, 0.717) is 44.2 Å². The summed E-state index contributed by atoms with van der Waals surface area (Å²) >= 11 is 6.00. The van der Waals surface area contributed by atoms with Crippen LogP contribution in [0.3, 0.4) is 0 Å². The molecule has 0 saturated carbocycles. The van der Waals surface area contributed by atoms with Crippen molar-refractivity contribution >= 4 is 36.5 Å². The van der Waals surface area contributed by atoms with Gasteiger partial charge in [0.25, 0.3) is 0 Å². The first kappa shape index (κ1) is 54.1. The lowest BCUT2D eigenvalue weighted by atomic mass is 9.48. The highest BCUT2D eigenvalue weighted by molar-refractivity contribution is 7.19. The summed E-state index contributed by atoms with van der Waals surface area (Å²) in [7, 11) is 12.6. The van der Waals surface area contributed by atoms with Crippen molar-refractivity contribution in [2.24, 2.45) is 0 Å². The Labute approximate surface area is 349 Å². The zero-order valence-electron chi connectivity index (χ0n) is 33.7. The van der Waals surface area contributed by atoms with Gasteiger partial charge in [-0.05, 0) is 57.7 Å². The van der Waals surface area contributed by atoms with Crippen LogP contribution in [0.4, 0.5) is 52.7 Å². The van der Waals surface area contributed by atoms with Crippen LogP contribution in [0.5, 0.6) is 0 Å². The minimum Gasteiger partial charge on any atom is -0.382 e. The summed E-state index contributed by atoms with van der Waals surface area (Å²) in [6, 6.07) is 6.90. The average Bonchev–Trinajstić information content (AvgIpc) is 3.10. The maximum Gasteiger partial charge on any atom is 0.384 e. The van der Waals surface area contributed by atoms with Crippen LogP contribution in [-0.2, 0) is 6.42 Å². The lowest BCUT2D eigenvalue weighted by Gasteiger charge is -2.49. The number of halogens is 13. The Bertz CT molecular complexity index is 1650. The summed E-state index contributed by atoms with van der Waals surface area (Å²) in [6.07, 6.45) is 0.909. The summed E-state index contributed by atoms with van der Waals surface area (Å²) in [5, 5.41) is 1.44. The molecule has 0 aliphatic rings. The zero-order valence-corrected chi connectivity index (χ0v) is 35.7. The van der Waals surface area contributed by atoms with E-state index >= 15 is 13.2 Å². The van der Waals surface area contributed by atoms with E-state index in [-0.39, 0.29) is 44.7 Å². The number of nitrogens with zero attached hydrogens (tertiary/aromatic N) is 1. The summed E-state index contributed by atoms with van der Waals surface area (Å²) in [5.41, 5.74) is -1.17. The Morgan fingerprint density at radius 1 is 0.780 bits per heavy atom. The molecule has 0 bridgehead atoms. The third-order valence-corrected chi connectivity index (χ3v) is 10.9. The van der Waals surface area contributed by atoms with Crippen molar-refractivity contribution < 1.29 is 52.7 Å². The standard InChI is InChI=1S/C39H52B2ClF12N4P/c1-11-12-13-30(27(7)55-21-24(4)56-31(23(2)3)20-28-14-16-29(42)17-15-28)57-25(5)22-58(10)26(6)18-19-33(40,41)39(54,59)38(52,53)37(50,51)36(48,49)35(46,47)34(44,45)32(8,9)43/h14-17,30-31,55-57H,2,4-7,11-13,18-22,59H2,1,3,8-10H3. The molecule has 4 nitrogen and oxygen atoms in total. The number of alkyl halides is 12. The van der Waals surface area contributed by atoms with Crippen LogP contribution in [-0.4, -0.2) is 93.5 Å². The second-order valence-electron chi connectivity index (χ2n) is 15.3. The number of benzene rings is 1. The Hall–Kier alpha value is -2.87. The highest BCUT2D eigenvalue weighted by Crippen LogP contribution is 2.66. The van der Waals surface area contributed by atoms with E-state index in [1.807, 2.05) is 26.0 Å². The Morgan fingerprint density at radius 3 is 1.73 bits per heavy atom. The molecule has 330 valence electrons. The number of rotatable bonds is 27. The third-order valence-electron chi connectivity index (χ3n) is 9.75. The van der Waals surface area contributed by atoms with Gasteiger partial charge in [-0.2, -0.15) is 43.9 Å². The van der Waals surface area contributed by atoms with Gasteiger partial charge >= 0.3 is 29.6 Å². The Morgan fingerprint density at radius 2 is 1.25 bits per heavy atom. The van der Waals surface area contributed by atoms with Gasteiger partial charge in [0.05, 0.1) is 40.9 Å². The number of likely N-dealkylation sites (N-methyl/N-ethyl adjacent to an activating group) is 1. The first-order valence-corrected chi connectivity index (χ1v) is 19.2. The molecular formula is C39H52B2ClF12N4P. The van der Waals surface area contributed by atoms with Crippen molar-refractivity contribution in [3.05, 3.63) is 96.1 Å². The molecule has 0 spiro atoms. The molecule has 0 amide bonds. The number of allylic oxidation sites excluding steroid dienone is 1. The molecule has 0 aromatic heterocycles. The van der Waals surface area contributed by atoms with E-state index in [1.165, 1.54) is 11.9 Å². The Balaban J connectivity index is 3.01. The molecule has 4 atom stereocenters. The first-order chi connectivity index (χ1) is 26.5. The van der Waals surface area contributed by atoms with E-state index < -0.39 is 58.7 Å². The van der Waals surface area contributed by atoms with Gasteiger partial charge in [0.15, 0.2) is 11.1 Å². The van der Waals surface area contributed by atoms with Gasteiger partial charge in [-0.1, -0.05) is 103 Å². The molecule has 0 saturated heterocycles. The third kappa shape index (κ3) is 12.2. The van der Waals surface area contributed by atoms with E-state index in [9.17, 15) is 39.5 Å². The molecule has 1 aromatic rings. The average molecular weight is 893 g/mol. The fourth-order valence-corrected chi connectivity index (χ4v) is 5.94. The Kier molecular flexibility index (Phi) is 18.2. The van der Waals surface area contributed by atoms with Gasteiger partial charge in [0, 0.05) is 34.9 Å². The van der Waals surface area contributed by atoms with Crippen LogP contribution in [0.1, 0.15) is 65.4 Å². The predicted molar refractivity (Wildman–Crippen MR) is 217 cm³/mol. The molecule has 3 N–H and O–H groups in total. The molecule has 1 rings (SSSR count). The van der Waals surface area contributed by atoms with Crippen LogP contribution in [0.2, 0.25) is 10.2 Å². The van der Waals surface area contributed by atoms with Crippen molar-refractivity contribution in [1.29, 1.82) is 0 Å². The second kappa shape index (κ2) is 19.9. The van der Waals surface area contributed by atoms with Gasteiger partial charge in [-0.3, -0.25) is 0 Å². The van der Waals surface area contributed by atoms with E-state index in [2.05, 4.69) is 48.8 Å². The molecule has 59 heavy (non-hydrogen) atoms. The highest BCUT2D eigenvalue weighted by atomic mass is 35.5. The molecule has 20 heteroatoms. The van der Waals surface area contributed by atoms with Crippen LogP contribution in [0.15, 0.2) is 85.5 Å². The van der Waals surface area contributed by atoms with E-state index in [1.54, 1.807) is 12.1 Å². The number of unbranched alkanes of at least 4 members (excludes halogenated alkanes) is 1. The predicted octanol–water partition coefficient (Wildman–Crippen LogP) is 10.8.